The van der Waals surface area contributed by atoms with Crippen LogP contribution in [0.15, 0.2) is 47.6 Å². The van der Waals surface area contributed by atoms with E-state index >= 15 is 0 Å². The van der Waals surface area contributed by atoms with E-state index in [2.05, 4.69) is 73.0 Å². The average Bonchev–Trinajstić information content (AvgIpc) is 2.99. The van der Waals surface area contributed by atoms with Crippen molar-refractivity contribution in [3.05, 3.63) is 53.8 Å². The number of hydrogen-bond acceptors (Lipinski definition) is 2. The van der Waals surface area contributed by atoms with Gasteiger partial charge in [-0.05, 0) is 42.3 Å². The summed E-state index contributed by atoms with van der Waals surface area (Å²) in [7, 11) is 0. The molecule has 0 fully saturated rings. The summed E-state index contributed by atoms with van der Waals surface area (Å²) in [5, 5.41) is 3.98. The molecule has 0 bridgehead atoms. The Hall–Kier alpha value is -1.96. The number of allylic oxidation sites excluding steroid dienone is 1. The van der Waals surface area contributed by atoms with Crippen molar-refractivity contribution in [1.82, 2.24) is 4.98 Å². The van der Waals surface area contributed by atoms with Crippen molar-refractivity contribution < 1.29 is 0 Å². The predicted octanol–water partition coefficient (Wildman–Crippen LogP) is 5.67. The van der Waals surface area contributed by atoms with Crippen molar-refractivity contribution in [2.24, 2.45) is 10.4 Å². The van der Waals surface area contributed by atoms with E-state index in [1.807, 2.05) is 0 Å². The van der Waals surface area contributed by atoms with E-state index in [4.69, 9.17) is 12.2 Å². The average molecular weight is 334 g/mol. The summed E-state index contributed by atoms with van der Waals surface area (Å²) in [6.45, 7) is 11.0. The number of benzene rings is 1. The lowest BCUT2D eigenvalue weighted by Crippen LogP contribution is -2.39. The van der Waals surface area contributed by atoms with Crippen molar-refractivity contribution in [1.29, 1.82) is 0 Å². The molecule has 1 heterocycles. The second-order valence-corrected chi connectivity index (χ2v) is 7.96. The summed E-state index contributed by atoms with van der Waals surface area (Å²) >= 11 is 4.99. The monoisotopic (exact) mass is 334 g/mol. The maximum absolute atomic E-state index is 4.99. The van der Waals surface area contributed by atoms with E-state index in [9.17, 15) is 0 Å². The Kier molecular flexibility index (Phi) is 3.25. The van der Waals surface area contributed by atoms with Gasteiger partial charge in [0.05, 0.1) is 11.2 Å². The highest BCUT2D eigenvalue weighted by molar-refractivity contribution is 7.78. The van der Waals surface area contributed by atoms with Gasteiger partial charge in [0.25, 0.3) is 0 Å². The molecule has 1 N–H and O–H groups in total. The molecule has 0 unspecified atom stereocenters. The fraction of sp³-hybridized carbons (Fsp3) is 0.381. The number of nitrogens with one attached hydrogen (secondary N) is 1. The fourth-order valence-electron chi connectivity index (χ4n) is 4.68. The molecule has 0 saturated heterocycles. The zero-order valence-corrected chi connectivity index (χ0v) is 15.3. The molecule has 3 heteroatoms. The third kappa shape index (κ3) is 1.83. The molecule has 122 valence electrons. The number of rotatable bonds is 2. The van der Waals surface area contributed by atoms with E-state index in [0.717, 1.165) is 12.8 Å². The number of aromatic nitrogens is 1. The van der Waals surface area contributed by atoms with Crippen molar-refractivity contribution in [2.45, 2.75) is 45.1 Å². The van der Waals surface area contributed by atoms with Crippen LogP contribution in [0.2, 0.25) is 0 Å². The highest BCUT2D eigenvalue weighted by Gasteiger charge is 2.46. The number of fused-ring (bicyclic) bond motifs is 1. The number of isothiocyanates is 1. The third-order valence-electron chi connectivity index (χ3n) is 6.21. The third-order valence-corrected chi connectivity index (χ3v) is 6.31. The van der Waals surface area contributed by atoms with E-state index in [0.29, 0.717) is 0 Å². The Balaban J connectivity index is 2.10. The first-order valence-electron chi connectivity index (χ1n) is 8.49. The highest BCUT2D eigenvalue weighted by atomic mass is 32.1. The quantitative estimate of drug-likeness (QED) is 0.428. The van der Waals surface area contributed by atoms with E-state index in [-0.39, 0.29) is 16.9 Å². The molecule has 0 aliphatic heterocycles. The maximum atomic E-state index is 4.99. The molecule has 2 aliphatic carbocycles. The van der Waals surface area contributed by atoms with Gasteiger partial charge in [0.2, 0.25) is 0 Å². The van der Waals surface area contributed by atoms with Crippen LogP contribution in [0.25, 0.3) is 16.5 Å². The first-order chi connectivity index (χ1) is 11.4. The van der Waals surface area contributed by atoms with Crippen LogP contribution in [0.4, 0.5) is 0 Å². The smallest absolute Gasteiger partial charge is 0.0946 e. The second kappa shape index (κ2) is 5.02. The molecular weight excluding hydrogens is 312 g/mol. The lowest BCUT2D eigenvalue weighted by atomic mass is 9.59. The van der Waals surface area contributed by atoms with Crippen LogP contribution in [0.3, 0.4) is 0 Å². The van der Waals surface area contributed by atoms with Crippen molar-refractivity contribution in [3.63, 3.8) is 0 Å². The summed E-state index contributed by atoms with van der Waals surface area (Å²) in [5.41, 5.74) is 6.61. The molecule has 0 amide bonds. The summed E-state index contributed by atoms with van der Waals surface area (Å²) in [6.07, 6.45) is 6.30. The van der Waals surface area contributed by atoms with Crippen LogP contribution >= 0.6 is 12.2 Å². The van der Waals surface area contributed by atoms with Gasteiger partial charge in [-0.3, -0.25) is 0 Å². The number of aromatic amines is 1. The molecule has 4 rings (SSSR count). The van der Waals surface area contributed by atoms with Crippen LogP contribution in [-0.2, 0) is 5.41 Å². The zero-order chi connectivity index (χ0) is 17.1. The molecule has 2 nitrogen and oxygen atoms in total. The first-order valence-corrected chi connectivity index (χ1v) is 8.90. The summed E-state index contributed by atoms with van der Waals surface area (Å²) in [6, 6.07) is 6.55. The molecule has 24 heavy (non-hydrogen) atoms. The number of aliphatic imine (C=N–C) groups is 1. The van der Waals surface area contributed by atoms with Gasteiger partial charge < -0.3 is 4.98 Å². The van der Waals surface area contributed by atoms with Crippen LogP contribution < -0.4 is 0 Å². The fourth-order valence-corrected chi connectivity index (χ4v) is 4.78. The summed E-state index contributed by atoms with van der Waals surface area (Å²) in [4.78, 5) is 8.07. The highest BCUT2D eigenvalue weighted by Crippen LogP contribution is 2.56. The van der Waals surface area contributed by atoms with Crippen molar-refractivity contribution in [3.8, 4) is 0 Å². The summed E-state index contributed by atoms with van der Waals surface area (Å²) < 4.78 is 0. The number of thiocarbonyl (C=S) groups is 1. The second-order valence-electron chi connectivity index (χ2n) is 7.78. The Bertz CT molecular complexity index is 940. The summed E-state index contributed by atoms with van der Waals surface area (Å²) in [5.74, 6) is 0. The van der Waals surface area contributed by atoms with E-state index in [1.165, 1.54) is 33.2 Å². The molecule has 1 aromatic heterocycles. The number of H-pyrrole nitrogens is 1. The van der Waals surface area contributed by atoms with Gasteiger partial charge in [0, 0.05) is 33.5 Å². The van der Waals surface area contributed by atoms with Gasteiger partial charge in [-0.15, -0.1) is 6.58 Å². The lowest BCUT2D eigenvalue weighted by molar-refractivity contribution is 0.331. The molecule has 2 aliphatic rings. The molecule has 0 spiro atoms. The van der Waals surface area contributed by atoms with Crippen LogP contribution in [0, 0.1) is 5.41 Å². The maximum Gasteiger partial charge on any atom is 0.0946 e. The van der Waals surface area contributed by atoms with E-state index < -0.39 is 0 Å². The van der Waals surface area contributed by atoms with Gasteiger partial charge in [-0.25, -0.2) is 4.99 Å². The minimum absolute atomic E-state index is 0.00175. The van der Waals surface area contributed by atoms with Gasteiger partial charge in [0.15, 0.2) is 0 Å². The molecule has 2 aromatic rings. The molecule has 1 aromatic carbocycles. The minimum atomic E-state index is -0.0867. The number of nitrogens with zero attached hydrogens (tertiary/aromatic N) is 1. The number of hydrogen-bond donors (Lipinski definition) is 1. The first kappa shape index (κ1) is 15.6. The van der Waals surface area contributed by atoms with Gasteiger partial charge in [-0.1, -0.05) is 44.6 Å². The van der Waals surface area contributed by atoms with Gasteiger partial charge in [0.1, 0.15) is 0 Å². The van der Waals surface area contributed by atoms with E-state index in [1.54, 1.807) is 0 Å². The minimum Gasteiger partial charge on any atom is -0.361 e. The van der Waals surface area contributed by atoms with Crippen molar-refractivity contribution in [2.75, 3.05) is 0 Å². The van der Waals surface area contributed by atoms with Crippen molar-refractivity contribution >= 4 is 33.9 Å². The Morgan fingerprint density at radius 2 is 2.17 bits per heavy atom. The lowest BCUT2D eigenvalue weighted by Gasteiger charge is -2.46. The predicted molar refractivity (Wildman–Crippen MR) is 105 cm³/mol. The molecule has 2 atom stereocenters. The topological polar surface area (TPSA) is 28.1 Å². The SMILES string of the molecule is C=C[C@@]1(C)CCC2=C(c3c[nH]c4cccc(c34)C2(C)C)[C@H]1N=C=S. The largest absolute Gasteiger partial charge is 0.361 e. The van der Waals surface area contributed by atoms with Gasteiger partial charge >= 0.3 is 0 Å². The zero-order valence-electron chi connectivity index (χ0n) is 14.4. The molecule has 0 saturated carbocycles. The standard InChI is InChI=1S/C21H22N2S/c1-5-21(4)10-9-15-18(19(21)23-12-24)13-11-22-16-8-6-7-14(17(13)16)20(15,2)3/h5-8,11,19,22H,1,9-10H2,2-4H3/t19-,21+/m1/s1. The Morgan fingerprint density at radius 1 is 1.38 bits per heavy atom. The molecular formula is C21H22N2S. The van der Waals surface area contributed by atoms with Gasteiger partial charge in [-0.2, -0.15) is 0 Å². The molecule has 0 radical (unpaired) electrons. The normalized spacial score (nSPS) is 27.5. The van der Waals surface area contributed by atoms with Crippen LogP contribution in [0.5, 0.6) is 0 Å². The Labute approximate surface area is 148 Å². The van der Waals surface area contributed by atoms with Crippen LogP contribution in [-0.4, -0.2) is 16.2 Å². The Morgan fingerprint density at radius 3 is 2.88 bits per heavy atom. The van der Waals surface area contributed by atoms with Crippen LogP contribution in [0.1, 0.15) is 44.7 Å².